The van der Waals surface area contributed by atoms with Crippen molar-refractivity contribution in [3.8, 4) is 22.3 Å². The summed E-state index contributed by atoms with van der Waals surface area (Å²) >= 11 is 0. The van der Waals surface area contributed by atoms with Crippen LogP contribution in [0.2, 0.25) is 0 Å². The summed E-state index contributed by atoms with van der Waals surface area (Å²) in [6, 6.07) is 24.0. The van der Waals surface area contributed by atoms with Gasteiger partial charge in [0, 0.05) is 35.0 Å². The lowest BCUT2D eigenvalue weighted by Crippen LogP contribution is -2.38. The van der Waals surface area contributed by atoms with Crippen molar-refractivity contribution in [3.05, 3.63) is 121 Å². The van der Waals surface area contributed by atoms with Crippen molar-refractivity contribution in [2.24, 2.45) is 0 Å². The van der Waals surface area contributed by atoms with Crippen LogP contribution >= 0.6 is 0 Å². The summed E-state index contributed by atoms with van der Waals surface area (Å²) in [5, 5.41) is 4.56. The van der Waals surface area contributed by atoms with E-state index in [0.717, 1.165) is 28.9 Å². The van der Waals surface area contributed by atoms with Gasteiger partial charge in [-0.2, -0.15) is 0 Å². The minimum Gasteiger partial charge on any atom is -0.462 e. The van der Waals surface area contributed by atoms with Crippen LogP contribution in [0.15, 0.2) is 125 Å². The summed E-state index contributed by atoms with van der Waals surface area (Å²) < 4.78 is 6.14. The van der Waals surface area contributed by atoms with E-state index in [9.17, 15) is 0 Å². The number of para-hydroxylation sites is 1. The maximum absolute atomic E-state index is 6.14. The van der Waals surface area contributed by atoms with E-state index in [1.54, 1.807) is 6.26 Å². The van der Waals surface area contributed by atoms with Gasteiger partial charge in [-0.1, -0.05) is 66.7 Å². The smallest absolute Gasteiger partial charge is 0.158 e. The van der Waals surface area contributed by atoms with Gasteiger partial charge < -0.3 is 19.5 Å². The predicted octanol–water partition coefficient (Wildman–Crippen LogP) is 6.97. The van der Waals surface area contributed by atoms with Crippen LogP contribution in [0, 0.1) is 0 Å². The Morgan fingerprint density at radius 3 is 2.43 bits per heavy atom. The van der Waals surface area contributed by atoms with E-state index in [-0.39, 0.29) is 6.04 Å². The van der Waals surface area contributed by atoms with E-state index >= 15 is 0 Å². The van der Waals surface area contributed by atoms with Crippen LogP contribution in [0.4, 0.5) is 11.4 Å². The first-order valence-corrected chi connectivity index (χ1v) is 12.0. The van der Waals surface area contributed by atoms with Crippen molar-refractivity contribution in [3.63, 3.8) is 0 Å². The molecule has 0 radical (unpaired) electrons. The minimum atomic E-state index is 0.174. The second-order valence-electron chi connectivity index (χ2n) is 9.19. The summed E-state index contributed by atoms with van der Waals surface area (Å²) in [5.74, 6) is 0. The Hall–Kier alpha value is -4.44. The SMILES string of the molecule is CN1CC(N2c3ccccc3-c3ccccc3-c3ccc4ccoc4c32)=CC=C1C1C=CC=CN1. The van der Waals surface area contributed by atoms with E-state index in [4.69, 9.17) is 4.42 Å². The van der Waals surface area contributed by atoms with Crippen LogP contribution in [0.5, 0.6) is 0 Å². The number of rotatable bonds is 2. The molecule has 0 saturated heterocycles. The fraction of sp³-hybridized carbons (Fsp3) is 0.0968. The molecule has 4 heteroatoms. The van der Waals surface area contributed by atoms with E-state index < -0.39 is 0 Å². The number of fused-ring (bicyclic) bond motifs is 7. The molecule has 1 aromatic heterocycles. The zero-order valence-corrected chi connectivity index (χ0v) is 19.5. The maximum atomic E-state index is 6.14. The number of nitrogens with zero attached hydrogens (tertiary/aromatic N) is 2. The molecule has 4 heterocycles. The summed E-state index contributed by atoms with van der Waals surface area (Å²) in [6.45, 7) is 0.781. The lowest BCUT2D eigenvalue weighted by molar-refractivity contribution is 0.411. The third kappa shape index (κ3) is 3.07. The van der Waals surface area contributed by atoms with Gasteiger partial charge in [0.2, 0.25) is 0 Å². The lowest BCUT2D eigenvalue weighted by Gasteiger charge is -2.37. The first-order chi connectivity index (χ1) is 17.3. The molecule has 0 fully saturated rings. The molecule has 35 heavy (non-hydrogen) atoms. The number of benzene rings is 3. The fourth-order valence-corrected chi connectivity index (χ4v) is 5.54. The number of hydrogen-bond donors (Lipinski definition) is 1. The van der Waals surface area contributed by atoms with Crippen molar-refractivity contribution in [2.75, 3.05) is 18.5 Å². The Bertz CT molecular complexity index is 1590. The fourth-order valence-electron chi connectivity index (χ4n) is 5.54. The van der Waals surface area contributed by atoms with E-state index in [2.05, 4.69) is 107 Å². The Morgan fingerprint density at radius 2 is 1.63 bits per heavy atom. The van der Waals surface area contributed by atoms with Gasteiger partial charge in [0.25, 0.3) is 0 Å². The molecule has 7 rings (SSSR count). The normalized spacial score (nSPS) is 18.3. The monoisotopic (exact) mass is 455 g/mol. The zero-order valence-electron chi connectivity index (χ0n) is 19.5. The third-order valence-corrected chi connectivity index (χ3v) is 7.15. The average Bonchev–Trinajstić information content (AvgIpc) is 3.35. The molecular formula is C31H25N3O. The number of likely N-dealkylation sites (N-methyl/N-ethyl adjacent to an activating group) is 1. The van der Waals surface area contributed by atoms with E-state index in [0.29, 0.717) is 0 Å². The second-order valence-corrected chi connectivity index (χ2v) is 9.19. The van der Waals surface area contributed by atoms with Crippen molar-refractivity contribution in [2.45, 2.75) is 6.04 Å². The Labute approximate surface area is 204 Å². The number of allylic oxidation sites excluding steroid dienone is 4. The van der Waals surface area contributed by atoms with Gasteiger partial charge in [-0.3, -0.25) is 0 Å². The van der Waals surface area contributed by atoms with Gasteiger partial charge in [0.1, 0.15) is 0 Å². The second kappa shape index (κ2) is 7.81. The summed E-state index contributed by atoms with van der Waals surface area (Å²) in [5.41, 5.74) is 10.5. The first kappa shape index (κ1) is 20.0. The highest BCUT2D eigenvalue weighted by molar-refractivity contribution is 6.08. The molecule has 0 bridgehead atoms. The van der Waals surface area contributed by atoms with Crippen molar-refractivity contribution in [1.29, 1.82) is 0 Å². The van der Waals surface area contributed by atoms with Crippen LogP contribution in [-0.2, 0) is 0 Å². The van der Waals surface area contributed by atoms with Crippen LogP contribution < -0.4 is 10.2 Å². The van der Waals surface area contributed by atoms with Crippen LogP contribution in [0.3, 0.4) is 0 Å². The maximum Gasteiger partial charge on any atom is 0.158 e. The highest BCUT2D eigenvalue weighted by Gasteiger charge is 2.31. The van der Waals surface area contributed by atoms with Crippen LogP contribution in [0.1, 0.15) is 0 Å². The standard InChI is InChI=1S/C31H25N3O/c1-33-20-22(14-16-29(33)27-11-6-7-18-32-27)34-28-12-5-4-10-25(28)23-8-2-3-9-24(23)26-15-13-21-17-19-35-31(21)30(26)34/h2-19,27,32H,20H2,1H3. The highest BCUT2D eigenvalue weighted by Crippen LogP contribution is 2.51. The van der Waals surface area contributed by atoms with Crippen LogP contribution in [-0.4, -0.2) is 24.5 Å². The molecule has 1 N–H and O–H groups in total. The number of nitrogens with one attached hydrogen (secondary N) is 1. The molecule has 0 saturated carbocycles. The molecule has 1 unspecified atom stereocenters. The third-order valence-electron chi connectivity index (χ3n) is 7.15. The number of furan rings is 1. The molecule has 170 valence electrons. The molecule has 3 aliphatic heterocycles. The van der Waals surface area contributed by atoms with Gasteiger partial charge in [-0.05, 0) is 47.7 Å². The number of hydrogen-bond acceptors (Lipinski definition) is 4. The molecule has 4 aromatic rings. The zero-order chi connectivity index (χ0) is 23.4. The van der Waals surface area contributed by atoms with Gasteiger partial charge >= 0.3 is 0 Å². The predicted molar refractivity (Wildman–Crippen MR) is 143 cm³/mol. The van der Waals surface area contributed by atoms with Gasteiger partial charge in [0.05, 0.1) is 30.2 Å². The first-order valence-electron chi connectivity index (χ1n) is 12.0. The molecular weight excluding hydrogens is 430 g/mol. The molecule has 0 amide bonds. The van der Waals surface area contributed by atoms with E-state index in [1.807, 2.05) is 18.3 Å². The molecule has 0 aliphatic carbocycles. The van der Waals surface area contributed by atoms with Crippen LogP contribution in [0.25, 0.3) is 33.2 Å². The molecule has 0 spiro atoms. The Morgan fingerprint density at radius 1 is 0.829 bits per heavy atom. The van der Waals surface area contributed by atoms with Crippen molar-refractivity contribution < 1.29 is 4.42 Å². The average molecular weight is 456 g/mol. The number of anilines is 2. The summed E-state index contributed by atoms with van der Waals surface area (Å²) in [7, 11) is 2.17. The molecule has 3 aliphatic rings. The Balaban J connectivity index is 1.49. The lowest BCUT2D eigenvalue weighted by atomic mass is 9.94. The summed E-state index contributed by atoms with van der Waals surface area (Å²) in [4.78, 5) is 4.74. The largest absolute Gasteiger partial charge is 0.462 e. The van der Waals surface area contributed by atoms with Gasteiger partial charge in [0.15, 0.2) is 5.58 Å². The molecule has 4 nitrogen and oxygen atoms in total. The van der Waals surface area contributed by atoms with Crippen molar-refractivity contribution >= 4 is 22.3 Å². The van der Waals surface area contributed by atoms with Gasteiger partial charge in [-0.25, -0.2) is 0 Å². The summed E-state index contributed by atoms with van der Waals surface area (Å²) in [6.07, 6.45) is 14.6. The molecule has 1 atom stereocenters. The Kier molecular flexibility index (Phi) is 4.46. The topological polar surface area (TPSA) is 31.6 Å². The number of dihydropyridines is 1. The van der Waals surface area contributed by atoms with Crippen molar-refractivity contribution in [1.82, 2.24) is 10.2 Å². The minimum absolute atomic E-state index is 0.174. The van der Waals surface area contributed by atoms with E-state index in [1.165, 1.54) is 33.6 Å². The molecule has 3 aromatic carbocycles. The quantitative estimate of drug-likeness (QED) is 0.354. The van der Waals surface area contributed by atoms with Gasteiger partial charge in [-0.15, -0.1) is 0 Å². The highest BCUT2D eigenvalue weighted by atomic mass is 16.3.